The molecule has 0 saturated heterocycles. The first-order chi connectivity index (χ1) is 11.0. The van der Waals surface area contributed by atoms with E-state index >= 15 is 0 Å². The van der Waals surface area contributed by atoms with Crippen molar-refractivity contribution in [2.45, 2.75) is 31.2 Å². The zero-order valence-electron chi connectivity index (χ0n) is 13.0. The first kappa shape index (κ1) is 15.7. The van der Waals surface area contributed by atoms with Crippen LogP contribution in [0.2, 0.25) is 0 Å². The van der Waals surface area contributed by atoms with Gasteiger partial charge in [-0.15, -0.1) is 0 Å². The van der Waals surface area contributed by atoms with Crippen LogP contribution in [0.15, 0.2) is 59.5 Å². The third kappa shape index (κ3) is 3.45. The fraction of sp³-hybridized carbons (Fsp3) is 0.278. The quantitative estimate of drug-likeness (QED) is 0.847. The second kappa shape index (κ2) is 6.16. The van der Waals surface area contributed by atoms with E-state index in [0.717, 1.165) is 28.3 Å². The lowest BCUT2D eigenvalue weighted by molar-refractivity contribution is -0.128. The molecule has 0 N–H and O–H groups in total. The zero-order chi connectivity index (χ0) is 16.4. The van der Waals surface area contributed by atoms with E-state index in [4.69, 9.17) is 0 Å². The molecule has 0 bridgehead atoms. The molecule has 0 radical (unpaired) electrons. The van der Waals surface area contributed by atoms with E-state index < -0.39 is 10.0 Å². The molecule has 2 aromatic rings. The Kier molecular flexibility index (Phi) is 4.22. The number of amides is 1. The summed E-state index contributed by atoms with van der Waals surface area (Å²) in [5, 5.41) is 0. The first-order valence-corrected chi connectivity index (χ1v) is 9.09. The highest BCUT2D eigenvalue weighted by Crippen LogP contribution is 2.33. The fourth-order valence-electron chi connectivity index (χ4n) is 2.40. The van der Waals surface area contributed by atoms with E-state index in [0.29, 0.717) is 0 Å². The highest BCUT2D eigenvalue weighted by atomic mass is 32.2. The van der Waals surface area contributed by atoms with Gasteiger partial charge in [0.15, 0.2) is 0 Å². The Morgan fingerprint density at radius 2 is 1.65 bits per heavy atom. The Balaban J connectivity index is 1.96. The highest BCUT2D eigenvalue weighted by Gasteiger charge is 2.39. The van der Waals surface area contributed by atoms with Crippen LogP contribution in [0.1, 0.15) is 24.0 Å². The van der Waals surface area contributed by atoms with Gasteiger partial charge in [-0.2, -0.15) is 0 Å². The molecule has 0 spiro atoms. The summed E-state index contributed by atoms with van der Waals surface area (Å²) < 4.78 is 26.9. The van der Waals surface area contributed by atoms with Crippen molar-refractivity contribution in [1.82, 2.24) is 4.31 Å². The van der Waals surface area contributed by atoms with Gasteiger partial charge in [0.05, 0.1) is 11.4 Å². The number of rotatable bonds is 5. The predicted octanol–water partition coefficient (Wildman–Crippen LogP) is 3.12. The van der Waals surface area contributed by atoms with Gasteiger partial charge in [0.2, 0.25) is 5.91 Å². The van der Waals surface area contributed by atoms with Crippen molar-refractivity contribution in [1.29, 1.82) is 0 Å². The summed E-state index contributed by atoms with van der Waals surface area (Å²) in [4.78, 5) is 12.7. The topological polar surface area (TPSA) is 54.5 Å². The second-order valence-electron chi connectivity index (χ2n) is 5.92. The van der Waals surface area contributed by atoms with Gasteiger partial charge in [0, 0.05) is 5.92 Å². The maximum atomic E-state index is 12.9. The molecule has 1 saturated carbocycles. The Morgan fingerprint density at radius 3 is 2.22 bits per heavy atom. The number of nitrogens with zero attached hydrogens (tertiary/aromatic N) is 1. The minimum absolute atomic E-state index is 0.0758. The molecule has 2 aromatic carbocycles. The SMILES string of the molecule is Cc1ccc(S(=O)(=O)N(Cc2ccccc2)C(=O)C2CC2)cc1. The lowest BCUT2D eigenvalue weighted by Gasteiger charge is -2.23. The van der Waals surface area contributed by atoms with E-state index in [1.54, 1.807) is 24.3 Å². The summed E-state index contributed by atoms with van der Waals surface area (Å²) in [7, 11) is -3.84. The summed E-state index contributed by atoms with van der Waals surface area (Å²) in [6.07, 6.45) is 1.54. The van der Waals surface area contributed by atoms with Crippen LogP contribution in [0.3, 0.4) is 0 Å². The number of sulfonamides is 1. The maximum Gasteiger partial charge on any atom is 0.266 e. The van der Waals surface area contributed by atoms with E-state index in [1.165, 1.54) is 0 Å². The average molecular weight is 329 g/mol. The second-order valence-corrected chi connectivity index (χ2v) is 7.79. The Morgan fingerprint density at radius 1 is 1.04 bits per heavy atom. The number of carbonyl (C=O) groups is 1. The van der Waals surface area contributed by atoms with Gasteiger partial charge in [-0.05, 0) is 37.5 Å². The largest absolute Gasteiger partial charge is 0.273 e. The van der Waals surface area contributed by atoms with Crippen LogP contribution >= 0.6 is 0 Å². The van der Waals surface area contributed by atoms with Crippen molar-refractivity contribution < 1.29 is 13.2 Å². The summed E-state index contributed by atoms with van der Waals surface area (Å²) in [5.41, 5.74) is 1.78. The molecule has 3 rings (SSSR count). The smallest absolute Gasteiger partial charge is 0.266 e. The molecular formula is C18H19NO3S. The monoisotopic (exact) mass is 329 g/mol. The van der Waals surface area contributed by atoms with Crippen LogP contribution in [-0.2, 0) is 21.4 Å². The predicted molar refractivity (Wildman–Crippen MR) is 88.1 cm³/mol. The fourth-order valence-corrected chi connectivity index (χ4v) is 3.84. The van der Waals surface area contributed by atoms with Gasteiger partial charge in [-0.3, -0.25) is 4.79 Å². The van der Waals surface area contributed by atoms with Crippen LogP contribution < -0.4 is 0 Å². The molecule has 5 heteroatoms. The van der Waals surface area contributed by atoms with Crippen molar-refractivity contribution in [2.24, 2.45) is 5.92 Å². The number of aryl methyl sites for hydroxylation is 1. The molecule has 0 heterocycles. The van der Waals surface area contributed by atoms with E-state index in [1.807, 2.05) is 37.3 Å². The van der Waals surface area contributed by atoms with Crippen LogP contribution in [0.5, 0.6) is 0 Å². The van der Waals surface area contributed by atoms with Crippen LogP contribution in [0.4, 0.5) is 0 Å². The summed E-state index contributed by atoms with van der Waals surface area (Å²) >= 11 is 0. The maximum absolute atomic E-state index is 12.9. The van der Waals surface area contributed by atoms with Crippen molar-refractivity contribution in [2.75, 3.05) is 0 Å². The third-order valence-electron chi connectivity index (χ3n) is 3.95. The molecule has 4 nitrogen and oxygen atoms in total. The number of hydrogen-bond donors (Lipinski definition) is 0. The van der Waals surface area contributed by atoms with Gasteiger partial charge in [-0.1, -0.05) is 48.0 Å². The summed E-state index contributed by atoms with van der Waals surface area (Å²) in [6.45, 7) is 1.97. The lowest BCUT2D eigenvalue weighted by atomic mass is 10.2. The summed E-state index contributed by atoms with van der Waals surface area (Å²) in [5.74, 6) is -0.451. The van der Waals surface area contributed by atoms with Crippen molar-refractivity contribution in [3.63, 3.8) is 0 Å². The molecule has 0 unspecified atom stereocenters. The van der Waals surface area contributed by atoms with E-state index in [-0.39, 0.29) is 23.3 Å². The molecular weight excluding hydrogens is 310 g/mol. The minimum atomic E-state index is -3.84. The Bertz CT molecular complexity index is 794. The van der Waals surface area contributed by atoms with Crippen LogP contribution in [0, 0.1) is 12.8 Å². The van der Waals surface area contributed by atoms with Crippen LogP contribution in [0.25, 0.3) is 0 Å². The lowest BCUT2D eigenvalue weighted by Crippen LogP contribution is -2.37. The molecule has 1 aliphatic rings. The van der Waals surface area contributed by atoms with Crippen molar-refractivity contribution >= 4 is 15.9 Å². The molecule has 120 valence electrons. The van der Waals surface area contributed by atoms with Gasteiger partial charge >= 0.3 is 0 Å². The summed E-state index contributed by atoms with van der Waals surface area (Å²) in [6, 6.07) is 15.8. The van der Waals surface area contributed by atoms with Gasteiger partial charge in [0.1, 0.15) is 0 Å². The van der Waals surface area contributed by atoms with Crippen molar-refractivity contribution in [3.05, 3.63) is 65.7 Å². The average Bonchev–Trinajstić information content (AvgIpc) is 3.38. The van der Waals surface area contributed by atoms with Gasteiger partial charge in [0.25, 0.3) is 10.0 Å². The number of benzene rings is 2. The Hall–Kier alpha value is -2.14. The minimum Gasteiger partial charge on any atom is -0.273 e. The zero-order valence-corrected chi connectivity index (χ0v) is 13.8. The normalized spacial score (nSPS) is 14.5. The molecule has 1 aliphatic carbocycles. The van der Waals surface area contributed by atoms with E-state index in [9.17, 15) is 13.2 Å². The number of hydrogen-bond acceptors (Lipinski definition) is 3. The van der Waals surface area contributed by atoms with Crippen molar-refractivity contribution in [3.8, 4) is 0 Å². The first-order valence-electron chi connectivity index (χ1n) is 7.65. The van der Waals surface area contributed by atoms with Gasteiger partial charge in [-0.25, -0.2) is 12.7 Å². The molecule has 23 heavy (non-hydrogen) atoms. The van der Waals surface area contributed by atoms with Crippen LogP contribution in [-0.4, -0.2) is 18.6 Å². The molecule has 0 aliphatic heterocycles. The standard InChI is InChI=1S/C18H19NO3S/c1-14-7-11-17(12-8-14)23(21,22)19(18(20)16-9-10-16)13-15-5-3-2-4-6-15/h2-8,11-12,16H,9-10,13H2,1H3. The Labute approximate surface area is 136 Å². The molecule has 1 fully saturated rings. The van der Waals surface area contributed by atoms with E-state index in [2.05, 4.69) is 0 Å². The molecule has 0 aromatic heterocycles. The van der Waals surface area contributed by atoms with Gasteiger partial charge < -0.3 is 0 Å². The molecule has 1 amide bonds. The third-order valence-corrected chi connectivity index (χ3v) is 5.71. The molecule has 0 atom stereocenters. The number of carbonyl (C=O) groups excluding carboxylic acids is 1. The highest BCUT2D eigenvalue weighted by molar-refractivity contribution is 7.89.